The lowest BCUT2D eigenvalue weighted by Gasteiger charge is -2.06. The minimum Gasteiger partial charge on any atom is -0.392 e. The zero-order valence-corrected chi connectivity index (χ0v) is 9.45. The molecule has 0 fully saturated rings. The molecule has 0 unspecified atom stereocenters. The summed E-state index contributed by atoms with van der Waals surface area (Å²) in [6.45, 7) is 3.94. The molecule has 5 heteroatoms. The van der Waals surface area contributed by atoms with Crippen LogP contribution in [-0.2, 0) is 0 Å². The molecule has 0 bridgehead atoms. The molecular weight excluding hydrogens is 214 g/mol. The second kappa shape index (κ2) is 5.04. The van der Waals surface area contributed by atoms with Crippen LogP contribution in [0.15, 0.2) is 17.0 Å². The molecular formula is C10H13NO3S. The molecule has 4 nitrogen and oxygen atoms in total. The molecule has 82 valence electrons. The first kappa shape index (κ1) is 11.9. The van der Waals surface area contributed by atoms with Gasteiger partial charge in [0.25, 0.3) is 0 Å². The van der Waals surface area contributed by atoms with Crippen LogP contribution in [0.5, 0.6) is 0 Å². The van der Waals surface area contributed by atoms with Gasteiger partial charge in [-0.15, -0.1) is 0 Å². The molecule has 1 rings (SSSR count). The Labute approximate surface area is 92.0 Å². The van der Waals surface area contributed by atoms with Crippen molar-refractivity contribution in [2.24, 2.45) is 5.92 Å². The first-order valence-electron chi connectivity index (χ1n) is 4.59. The maximum atomic E-state index is 10.4. The normalized spacial score (nSPS) is 12.1. The van der Waals surface area contributed by atoms with Gasteiger partial charge < -0.3 is 5.11 Å². The Balaban J connectivity index is 2.92. The quantitative estimate of drug-likeness (QED) is 0.635. The van der Waals surface area contributed by atoms with Crippen LogP contribution in [0, 0.1) is 16.0 Å². The second-order valence-corrected chi connectivity index (χ2v) is 4.40. The van der Waals surface area contributed by atoms with Gasteiger partial charge in [0.2, 0.25) is 0 Å². The number of rotatable bonds is 4. The van der Waals surface area contributed by atoms with E-state index in [1.807, 2.05) is 13.8 Å². The molecule has 1 heterocycles. The first-order chi connectivity index (χ1) is 7.04. The molecule has 1 aromatic rings. The van der Waals surface area contributed by atoms with Gasteiger partial charge in [-0.1, -0.05) is 31.3 Å². The summed E-state index contributed by atoms with van der Waals surface area (Å²) < 4.78 is 0. The van der Waals surface area contributed by atoms with Crippen molar-refractivity contribution in [3.63, 3.8) is 0 Å². The van der Waals surface area contributed by atoms with E-state index >= 15 is 0 Å². The molecule has 0 atom stereocenters. The highest BCUT2D eigenvalue weighted by Gasteiger charge is 2.09. The Hall–Kier alpha value is -1.20. The van der Waals surface area contributed by atoms with Gasteiger partial charge in [0.15, 0.2) is 0 Å². The predicted molar refractivity (Wildman–Crippen MR) is 60.9 cm³/mol. The maximum absolute atomic E-state index is 10.4. The van der Waals surface area contributed by atoms with Crippen molar-refractivity contribution in [3.05, 3.63) is 32.7 Å². The number of hydrogen-bond acceptors (Lipinski definition) is 4. The Morgan fingerprint density at radius 2 is 2.40 bits per heavy atom. The van der Waals surface area contributed by atoms with Gasteiger partial charge in [0, 0.05) is 11.4 Å². The molecule has 0 aliphatic heterocycles. The van der Waals surface area contributed by atoms with Crippen molar-refractivity contribution in [2.45, 2.75) is 13.8 Å². The zero-order valence-electron chi connectivity index (χ0n) is 8.64. The van der Waals surface area contributed by atoms with Crippen molar-refractivity contribution < 1.29 is 10.0 Å². The number of thiophene rings is 1. The van der Waals surface area contributed by atoms with Crippen LogP contribution in [0.4, 0.5) is 5.00 Å². The van der Waals surface area contributed by atoms with Gasteiger partial charge in [-0.2, -0.15) is 0 Å². The molecule has 0 aromatic carbocycles. The summed E-state index contributed by atoms with van der Waals surface area (Å²) in [7, 11) is 0. The van der Waals surface area contributed by atoms with Crippen molar-refractivity contribution in [2.75, 3.05) is 6.61 Å². The largest absolute Gasteiger partial charge is 0.392 e. The lowest BCUT2D eigenvalue weighted by molar-refractivity contribution is -0.380. The molecule has 0 saturated carbocycles. The molecule has 0 saturated heterocycles. The highest BCUT2D eigenvalue weighted by molar-refractivity contribution is 7.13. The van der Waals surface area contributed by atoms with Crippen molar-refractivity contribution >= 4 is 22.4 Å². The van der Waals surface area contributed by atoms with E-state index in [2.05, 4.69) is 0 Å². The van der Waals surface area contributed by atoms with Crippen LogP contribution in [0.3, 0.4) is 0 Å². The van der Waals surface area contributed by atoms with Gasteiger partial charge in [0.05, 0.1) is 11.5 Å². The number of aliphatic hydroxyl groups excluding tert-OH is 1. The van der Waals surface area contributed by atoms with Crippen LogP contribution in [0.25, 0.3) is 6.08 Å². The SMILES string of the molecule is CC(C)C(=Cc1csc([N+](=O)[O-])c1)CO. The fourth-order valence-corrected chi connectivity index (χ4v) is 1.80. The van der Waals surface area contributed by atoms with Crippen LogP contribution in [0.1, 0.15) is 19.4 Å². The predicted octanol–water partition coefficient (Wildman–Crippen LogP) is 2.69. The molecule has 0 spiro atoms. The zero-order chi connectivity index (χ0) is 11.4. The van der Waals surface area contributed by atoms with E-state index < -0.39 is 4.92 Å². The monoisotopic (exact) mass is 227 g/mol. The van der Waals surface area contributed by atoms with E-state index in [1.54, 1.807) is 11.5 Å². The van der Waals surface area contributed by atoms with Gasteiger partial charge in [-0.3, -0.25) is 10.1 Å². The summed E-state index contributed by atoms with van der Waals surface area (Å²) >= 11 is 1.10. The van der Waals surface area contributed by atoms with E-state index in [0.29, 0.717) is 0 Å². The molecule has 15 heavy (non-hydrogen) atoms. The smallest absolute Gasteiger partial charge is 0.324 e. The lowest BCUT2D eigenvalue weighted by Crippen LogP contribution is -1.98. The third-order valence-electron chi connectivity index (χ3n) is 2.06. The molecule has 0 radical (unpaired) electrons. The minimum absolute atomic E-state index is 0.0126. The van der Waals surface area contributed by atoms with Gasteiger partial charge in [-0.05, 0) is 17.1 Å². The number of hydrogen-bond donors (Lipinski definition) is 1. The fourth-order valence-electron chi connectivity index (χ4n) is 1.12. The molecule has 0 aliphatic rings. The van der Waals surface area contributed by atoms with Crippen molar-refractivity contribution in [1.82, 2.24) is 0 Å². The first-order valence-corrected chi connectivity index (χ1v) is 5.46. The molecule has 1 N–H and O–H groups in total. The summed E-state index contributed by atoms with van der Waals surface area (Å²) in [5.41, 5.74) is 1.66. The lowest BCUT2D eigenvalue weighted by atomic mass is 10.0. The Bertz CT molecular complexity index is 382. The van der Waals surface area contributed by atoms with Crippen molar-refractivity contribution in [3.8, 4) is 0 Å². The average Bonchev–Trinajstić information content (AvgIpc) is 2.61. The minimum atomic E-state index is -0.407. The Morgan fingerprint density at radius 3 is 2.80 bits per heavy atom. The van der Waals surface area contributed by atoms with Gasteiger partial charge in [0.1, 0.15) is 0 Å². The summed E-state index contributed by atoms with van der Waals surface area (Å²) in [6, 6.07) is 1.52. The number of nitrogens with zero attached hydrogens (tertiary/aromatic N) is 1. The average molecular weight is 227 g/mol. The van der Waals surface area contributed by atoms with E-state index in [9.17, 15) is 10.1 Å². The molecule has 0 amide bonds. The highest BCUT2D eigenvalue weighted by atomic mass is 32.1. The van der Waals surface area contributed by atoms with Crippen LogP contribution in [-0.4, -0.2) is 16.6 Å². The number of nitro groups is 1. The summed E-state index contributed by atoms with van der Waals surface area (Å²) in [5, 5.41) is 21.4. The van der Waals surface area contributed by atoms with Crippen LogP contribution < -0.4 is 0 Å². The van der Waals surface area contributed by atoms with Crippen LogP contribution >= 0.6 is 11.3 Å². The molecule has 1 aromatic heterocycles. The van der Waals surface area contributed by atoms with E-state index in [4.69, 9.17) is 5.11 Å². The van der Waals surface area contributed by atoms with Gasteiger partial charge >= 0.3 is 5.00 Å². The fraction of sp³-hybridized carbons (Fsp3) is 0.400. The Morgan fingerprint density at radius 1 is 1.73 bits per heavy atom. The van der Waals surface area contributed by atoms with E-state index in [-0.39, 0.29) is 17.5 Å². The second-order valence-electron chi connectivity index (χ2n) is 3.51. The van der Waals surface area contributed by atoms with Crippen LogP contribution in [0.2, 0.25) is 0 Å². The van der Waals surface area contributed by atoms with Crippen molar-refractivity contribution in [1.29, 1.82) is 0 Å². The topological polar surface area (TPSA) is 63.4 Å². The standard InChI is InChI=1S/C10H13NO3S/c1-7(2)9(5-12)3-8-4-10(11(13)14)15-6-8/h3-4,6-7,12H,5H2,1-2H3. The third-order valence-corrected chi connectivity index (χ3v) is 2.96. The summed E-state index contributed by atoms with van der Waals surface area (Å²) in [4.78, 5) is 10.0. The maximum Gasteiger partial charge on any atom is 0.324 e. The van der Waals surface area contributed by atoms with Gasteiger partial charge in [-0.25, -0.2) is 0 Å². The summed E-state index contributed by atoms with van der Waals surface area (Å²) in [5.74, 6) is 0.244. The highest BCUT2D eigenvalue weighted by Crippen LogP contribution is 2.25. The third kappa shape index (κ3) is 3.14. The summed E-state index contributed by atoms with van der Waals surface area (Å²) in [6.07, 6.45) is 1.80. The van der Waals surface area contributed by atoms with E-state index in [0.717, 1.165) is 22.5 Å². The number of aliphatic hydroxyl groups is 1. The van der Waals surface area contributed by atoms with E-state index in [1.165, 1.54) is 6.07 Å². The Kier molecular flexibility index (Phi) is 3.99. The molecule has 0 aliphatic carbocycles.